The van der Waals surface area contributed by atoms with Crippen LogP contribution in [0.1, 0.15) is 88.2 Å². The Morgan fingerprint density at radius 1 is 0.763 bits per heavy atom. The maximum Gasteiger partial charge on any atom is 0.124 e. The predicted octanol–water partition coefficient (Wildman–Crippen LogP) is 6.94. The zero-order valence-electron chi connectivity index (χ0n) is 23.8. The molecule has 38 heavy (non-hydrogen) atoms. The molecule has 0 bridgehead atoms. The van der Waals surface area contributed by atoms with Gasteiger partial charge < -0.3 is 9.97 Å². The Kier molecular flexibility index (Phi) is 9.38. The molecule has 0 radical (unpaired) electrons. The van der Waals surface area contributed by atoms with E-state index in [1.54, 1.807) is 0 Å². The SMILES string of the molecule is CC.CC.CN1CCCC1c1ncc(-c2ccc(C#Cc3ccc4nc(C5CCCN5C)[nH]c4c3)cc2)[nH]1. The number of imidazole rings is 2. The first-order valence-electron chi connectivity index (χ1n) is 14.2. The van der Waals surface area contributed by atoms with Crippen molar-refractivity contribution < 1.29 is 0 Å². The van der Waals surface area contributed by atoms with E-state index in [9.17, 15) is 0 Å². The molecule has 4 aromatic rings. The van der Waals surface area contributed by atoms with Gasteiger partial charge in [0.2, 0.25) is 0 Å². The molecule has 200 valence electrons. The van der Waals surface area contributed by atoms with Gasteiger partial charge in [-0.2, -0.15) is 0 Å². The van der Waals surface area contributed by atoms with Crippen LogP contribution in [0.3, 0.4) is 0 Å². The molecule has 2 N–H and O–H groups in total. The maximum absolute atomic E-state index is 4.82. The average molecular weight is 511 g/mol. The smallest absolute Gasteiger partial charge is 0.124 e. The third-order valence-corrected chi connectivity index (χ3v) is 7.31. The Morgan fingerprint density at radius 2 is 1.37 bits per heavy atom. The van der Waals surface area contributed by atoms with Crippen LogP contribution in [0.25, 0.3) is 22.3 Å². The van der Waals surface area contributed by atoms with Gasteiger partial charge in [0.15, 0.2) is 0 Å². The van der Waals surface area contributed by atoms with Gasteiger partial charge in [0.05, 0.1) is 35.0 Å². The van der Waals surface area contributed by atoms with E-state index in [0.717, 1.165) is 64.6 Å². The maximum atomic E-state index is 4.82. The van der Waals surface area contributed by atoms with Gasteiger partial charge in [-0.1, -0.05) is 51.7 Å². The zero-order chi connectivity index (χ0) is 27.1. The highest BCUT2D eigenvalue weighted by molar-refractivity contribution is 5.77. The molecule has 2 unspecified atom stereocenters. The van der Waals surface area contributed by atoms with Gasteiger partial charge in [-0.3, -0.25) is 9.80 Å². The molecule has 2 saturated heterocycles. The van der Waals surface area contributed by atoms with Crippen LogP contribution in [-0.2, 0) is 0 Å². The minimum absolute atomic E-state index is 0.394. The summed E-state index contributed by atoms with van der Waals surface area (Å²) in [6.07, 6.45) is 6.74. The molecule has 4 heterocycles. The van der Waals surface area contributed by atoms with Gasteiger partial charge in [0.25, 0.3) is 0 Å². The van der Waals surface area contributed by atoms with Crippen molar-refractivity contribution in [1.29, 1.82) is 0 Å². The third-order valence-electron chi connectivity index (χ3n) is 7.31. The molecule has 2 aromatic heterocycles. The minimum Gasteiger partial charge on any atom is -0.341 e. The van der Waals surface area contributed by atoms with Gasteiger partial charge in [0.1, 0.15) is 11.6 Å². The largest absolute Gasteiger partial charge is 0.341 e. The highest BCUT2D eigenvalue weighted by Gasteiger charge is 2.26. The van der Waals surface area contributed by atoms with E-state index >= 15 is 0 Å². The molecule has 2 aliphatic rings. The van der Waals surface area contributed by atoms with Crippen molar-refractivity contribution in [1.82, 2.24) is 29.7 Å². The van der Waals surface area contributed by atoms with Crippen molar-refractivity contribution >= 4 is 11.0 Å². The number of likely N-dealkylation sites (tertiary alicyclic amines) is 2. The predicted molar refractivity (Wildman–Crippen MR) is 158 cm³/mol. The first-order chi connectivity index (χ1) is 18.6. The Morgan fingerprint density at radius 3 is 2.00 bits per heavy atom. The van der Waals surface area contributed by atoms with Crippen LogP contribution >= 0.6 is 0 Å². The fraction of sp³-hybridized carbons (Fsp3) is 0.438. The Labute approximate surface area is 227 Å². The standard InChI is InChI=1S/C28H30N6.2C2H6/c1-33-15-3-5-25(33)27-29-18-24(32-27)21-12-9-19(10-13-21)7-8-20-11-14-22-23(17-20)31-28(30-22)26-6-4-16-34(26)2;2*1-2/h9-14,17-18,25-26H,3-6,15-16H2,1-2H3,(H,29,32)(H,30,31);2*1-2H3. The summed E-state index contributed by atoms with van der Waals surface area (Å²) in [5, 5.41) is 0. The Balaban J connectivity index is 0.000000804. The molecule has 2 fully saturated rings. The molecule has 0 amide bonds. The van der Waals surface area contributed by atoms with Crippen LogP contribution in [0, 0.1) is 11.8 Å². The number of H-pyrrole nitrogens is 2. The molecule has 0 aliphatic carbocycles. The monoisotopic (exact) mass is 510 g/mol. The summed E-state index contributed by atoms with van der Waals surface area (Å²) < 4.78 is 0. The van der Waals surface area contributed by atoms with Crippen LogP contribution in [-0.4, -0.2) is 56.9 Å². The number of benzene rings is 2. The molecule has 0 saturated carbocycles. The lowest BCUT2D eigenvalue weighted by Gasteiger charge is -2.16. The topological polar surface area (TPSA) is 63.8 Å². The molecular weight excluding hydrogens is 468 g/mol. The number of fused-ring (bicyclic) bond motifs is 1. The second-order valence-corrected chi connectivity index (χ2v) is 9.64. The molecule has 6 rings (SSSR count). The van der Waals surface area contributed by atoms with Gasteiger partial charge in [-0.05, 0) is 88.8 Å². The van der Waals surface area contributed by atoms with E-state index in [2.05, 4.69) is 93.2 Å². The summed E-state index contributed by atoms with van der Waals surface area (Å²) >= 11 is 0. The highest BCUT2D eigenvalue weighted by Crippen LogP contribution is 2.31. The van der Waals surface area contributed by atoms with Crippen molar-refractivity contribution in [3.8, 4) is 23.1 Å². The van der Waals surface area contributed by atoms with E-state index in [1.165, 1.54) is 19.3 Å². The molecule has 2 aromatic carbocycles. The van der Waals surface area contributed by atoms with Crippen molar-refractivity contribution in [3.63, 3.8) is 0 Å². The highest BCUT2D eigenvalue weighted by atomic mass is 15.2. The van der Waals surface area contributed by atoms with E-state index in [0.29, 0.717) is 12.1 Å². The van der Waals surface area contributed by atoms with Crippen molar-refractivity contribution in [2.45, 2.75) is 65.5 Å². The van der Waals surface area contributed by atoms with Crippen LogP contribution in [0.4, 0.5) is 0 Å². The summed E-state index contributed by atoms with van der Waals surface area (Å²) in [4.78, 5) is 21.3. The fourth-order valence-electron chi connectivity index (χ4n) is 5.31. The quantitative estimate of drug-likeness (QED) is 0.293. The first-order valence-corrected chi connectivity index (χ1v) is 14.2. The van der Waals surface area contributed by atoms with Gasteiger partial charge in [-0.15, -0.1) is 0 Å². The van der Waals surface area contributed by atoms with Crippen molar-refractivity contribution in [3.05, 3.63) is 71.4 Å². The van der Waals surface area contributed by atoms with Crippen LogP contribution in [0.2, 0.25) is 0 Å². The number of rotatable bonds is 3. The second-order valence-electron chi connectivity index (χ2n) is 9.64. The second kappa shape index (κ2) is 12.9. The molecule has 6 nitrogen and oxygen atoms in total. The number of hydrogen-bond donors (Lipinski definition) is 2. The van der Waals surface area contributed by atoms with Crippen LogP contribution < -0.4 is 0 Å². The molecule has 6 heteroatoms. The van der Waals surface area contributed by atoms with E-state index in [1.807, 2.05) is 33.9 Å². The molecule has 2 aliphatic heterocycles. The van der Waals surface area contributed by atoms with Crippen LogP contribution in [0.5, 0.6) is 0 Å². The van der Waals surface area contributed by atoms with Gasteiger partial charge in [0, 0.05) is 11.1 Å². The van der Waals surface area contributed by atoms with Gasteiger partial charge in [-0.25, -0.2) is 9.97 Å². The van der Waals surface area contributed by atoms with Gasteiger partial charge >= 0.3 is 0 Å². The zero-order valence-corrected chi connectivity index (χ0v) is 23.8. The lowest BCUT2D eigenvalue weighted by molar-refractivity contribution is 0.307. The number of nitrogens with one attached hydrogen (secondary N) is 2. The fourth-order valence-corrected chi connectivity index (χ4v) is 5.31. The lowest BCUT2D eigenvalue weighted by atomic mass is 10.1. The lowest BCUT2D eigenvalue weighted by Crippen LogP contribution is -2.18. The summed E-state index contributed by atoms with van der Waals surface area (Å²) in [7, 11) is 4.34. The van der Waals surface area contributed by atoms with Crippen LogP contribution in [0.15, 0.2) is 48.7 Å². The summed E-state index contributed by atoms with van der Waals surface area (Å²) in [5.41, 5.74) is 6.24. The number of aromatic nitrogens is 4. The summed E-state index contributed by atoms with van der Waals surface area (Å²) in [6, 6.07) is 15.4. The molecular formula is C32H42N6. The number of aromatic amines is 2. The van der Waals surface area contributed by atoms with E-state index in [-0.39, 0.29) is 0 Å². The van der Waals surface area contributed by atoms with Crippen molar-refractivity contribution in [2.24, 2.45) is 0 Å². The van der Waals surface area contributed by atoms with E-state index < -0.39 is 0 Å². The Bertz CT molecular complexity index is 1370. The third kappa shape index (κ3) is 6.01. The van der Waals surface area contributed by atoms with E-state index in [4.69, 9.17) is 4.98 Å². The summed E-state index contributed by atoms with van der Waals surface area (Å²) in [5.74, 6) is 8.75. The summed E-state index contributed by atoms with van der Waals surface area (Å²) in [6.45, 7) is 10.3. The van der Waals surface area contributed by atoms with Crippen molar-refractivity contribution in [2.75, 3.05) is 27.2 Å². The number of hydrogen-bond acceptors (Lipinski definition) is 4. The number of nitrogens with zero attached hydrogens (tertiary/aromatic N) is 4. The molecule has 0 spiro atoms. The minimum atomic E-state index is 0.394. The molecule has 2 atom stereocenters. The normalized spacial score (nSPS) is 19.3. The Hall–Kier alpha value is -3.40. The average Bonchev–Trinajstić information content (AvgIpc) is 3.76. The first kappa shape index (κ1) is 27.6.